The van der Waals surface area contributed by atoms with E-state index in [0.29, 0.717) is 36.7 Å². The maximum absolute atomic E-state index is 13.4. The molecule has 0 aliphatic carbocycles. The second-order valence-corrected chi connectivity index (χ2v) is 8.70. The van der Waals surface area contributed by atoms with Crippen molar-refractivity contribution in [3.8, 4) is 17.3 Å². The first kappa shape index (κ1) is 24.7. The smallest absolute Gasteiger partial charge is 0.416 e. The van der Waals surface area contributed by atoms with Crippen molar-refractivity contribution in [3.05, 3.63) is 54.4 Å². The summed E-state index contributed by atoms with van der Waals surface area (Å²) >= 11 is 0. The van der Waals surface area contributed by atoms with Gasteiger partial charge in [-0.25, -0.2) is 19.7 Å². The van der Waals surface area contributed by atoms with Gasteiger partial charge in [0.25, 0.3) is 0 Å². The highest BCUT2D eigenvalue weighted by molar-refractivity contribution is 6.04. The van der Waals surface area contributed by atoms with Crippen molar-refractivity contribution in [1.82, 2.24) is 15.0 Å². The molecule has 2 aliphatic heterocycles. The van der Waals surface area contributed by atoms with E-state index in [1.165, 1.54) is 35.5 Å². The Bertz CT molecular complexity index is 1310. The minimum atomic E-state index is -4.51. The first-order chi connectivity index (χ1) is 17.7. The Hall–Kier alpha value is -3.97. The minimum absolute atomic E-state index is 0.0761. The summed E-state index contributed by atoms with van der Waals surface area (Å²) in [6, 6.07) is 7.12. The van der Waals surface area contributed by atoms with Gasteiger partial charge in [-0.2, -0.15) is 13.2 Å². The fraction of sp³-hybridized carbons (Fsp3) is 0.333. The molecular weight excluding hydrogens is 493 g/mol. The van der Waals surface area contributed by atoms with Crippen LogP contribution in [0, 0.1) is 0 Å². The van der Waals surface area contributed by atoms with Crippen molar-refractivity contribution in [1.29, 1.82) is 0 Å². The van der Waals surface area contributed by atoms with Crippen LogP contribution < -0.4 is 19.9 Å². The highest BCUT2D eigenvalue weighted by atomic mass is 19.4. The molecule has 3 aromatic rings. The molecule has 3 N–H and O–H groups in total. The number of ether oxygens (including phenoxy) is 1. The lowest BCUT2D eigenvalue weighted by Crippen LogP contribution is -2.48. The van der Waals surface area contributed by atoms with Crippen LogP contribution in [0.2, 0.25) is 0 Å². The summed E-state index contributed by atoms with van der Waals surface area (Å²) in [5.41, 5.74) is 0.373. The van der Waals surface area contributed by atoms with E-state index in [1.54, 1.807) is 6.07 Å². The Morgan fingerprint density at radius 1 is 1.24 bits per heavy atom. The lowest BCUT2D eigenvalue weighted by molar-refractivity contribution is -0.137. The number of alkyl halides is 3. The van der Waals surface area contributed by atoms with Crippen LogP contribution in [0.5, 0.6) is 5.88 Å². The van der Waals surface area contributed by atoms with Crippen LogP contribution in [0.15, 0.2) is 48.8 Å². The second kappa shape index (κ2) is 9.82. The molecule has 2 aromatic heterocycles. The van der Waals surface area contributed by atoms with Gasteiger partial charge in [-0.05, 0) is 24.6 Å². The van der Waals surface area contributed by atoms with Crippen molar-refractivity contribution in [2.75, 3.05) is 41.4 Å². The SMILES string of the molecule is O=C(Nc1ccnc(OC[C@@H](O)CO)c1)N1c2nc(-c3cccc(C(F)(F)F)c3)ncc2N2CC[C@H]1C2. The molecule has 2 amide bonds. The number of nitrogens with one attached hydrogen (secondary N) is 1. The molecule has 0 unspecified atom stereocenters. The number of carbonyl (C=O) groups is 1. The summed E-state index contributed by atoms with van der Waals surface area (Å²) in [4.78, 5) is 29.8. The number of benzene rings is 1. The molecule has 13 heteroatoms. The van der Waals surface area contributed by atoms with E-state index in [4.69, 9.17) is 9.84 Å². The van der Waals surface area contributed by atoms with Gasteiger partial charge in [-0.3, -0.25) is 4.90 Å². The number of aliphatic hydroxyl groups excluding tert-OH is 2. The number of aliphatic hydroxyl groups is 2. The van der Waals surface area contributed by atoms with E-state index in [0.717, 1.165) is 12.1 Å². The predicted molar refractivity (Wildman–Crippen MR) is 127 cm³/mol. The Labute approximate surface area is 209 Å². The van der Waals surface area contributed by atoms with Crippen molar-refractivity contribution in [2.45, 2.75) is 24.7 Å². The Morgan fingerprint density at radius 3 is 2.86 bits per heavy atom. The highest BCUT2D eigenvalue weighted by Crippen LogP contribution is 2.40. The van der Waals surface area contributed by atoms with E-state index in [1.807, 2.05) is 4.90 Å². The zero-order chi connectivity index (χ0) is 26.2. The van der Waals surface area contributed by atoms with E-state index >= 15 is 0 Å². The van der Waals surface area contributed by atoms with Gasteiger partial charge in [-0.1, -0.05) is 12.1 Å². The third-order valence-electron chi connectivity index (χ3n) is 6.13. The van der Waals surface area contributed by atoms with Crippen molar-refractivity contribution < 1.29 is 32.9 Å². The van der Waals surface area contributed by atoms with Crippen LogP contribution in [0.3, 0.4) is 0 Å². The minimum Gasteiger partial charge on any atom is -0.475 e. The van der Waals surface area contributed by atoms with Crippen LogP contribution in [0.1, 0.15) is 12.0 Å². The average molecular weight is 516 g/mol. The van der Waals surface area contributed by atoms with E-state index in [2.05, 4.69) is 20.3 Å². The van der Waals surface area contributed by atoms with Gasteiger partial charge in [0.05, 0.1) is 30.1 Å². The number of rotatable bonds is 6. The molecule has 2 aliphatic rings. The third-order valence-corrected chi connectivity index (χ3v) is 6.13. The van der Waals surface area contributed by atoms with Crippen molar-refractivity contribution in [2.24, 2.45) is 0 Å². The number of hydrogen-bond acceptors (Lipinski definition) is 8. The number of fused-ring (bicyclic) bond motifs is 4. The molecule has 0 saturated carbocycles. The van der Waals surface area contributed by atoms with Crippen molar-refractivity contribution >= 4 is 23.2 Å². The van der Waals surface area contributed by atoms with Crippen LogP contribution in [-0.4, -0.2) is 69.6 Å². The zero-order valence-electron chi connectivity index (χ0n) is 19.4. The second-order valence-electron chi connectivity index (χ2n) is 8.70. The van der Waals surface area contributed by atoms with Gasteiger partial charge in [0.15, 0.2) is 11.6 Å². The molecule has 0 spiro atoms. The Kier molecular flexibility index (Phi) is 6.56. The number of urea groups is 1. The maximum atomic E-state index is 13.4. The fourth-order valence-electron chi connectivity index (χ4n) is 4.33. The molecular formula is C24H23F3N6O4. The lowest BCUT2D eigenvalue weighted by Gasteiger charge is -2.35. The molecule has 2 atom stereocenters. The molecule has 1 fully saturated rings. The molecule has 1 saturated heterocycles. The van der Waals surface area contributed by atoms with Crippen LogP contribution in [0.4, 0.5) is 35.2 Å². The zero-order valence-corrected chi connectivity index (χ0v) is 19.4. The molecule has 10 nitrogen and oxygen atoms in total. The average Bonchev–Trinajstić information content (AvgIpc) is 3.31. The fourth-order valence-corrected chi connectivity index (χ4v) is 4.33. The molecule has 5 rings (SSSR count). The summed E-state index contributed by atoms with van der Waals surface area (Å²) in [6.45, 7) is 0.631. The Balaban J connectivity index is 1.42. The summed E-state index contributed by atoms with van der Waals surface area (Å²) in [5, 5.41) is 21.2. The molecule has 1 aromatic carbocycles. The van der Waals surface area contributed by atoms with Gasteiger partial charge >= 0.3 is 12.2 Å². The van der Waals surface area contributed by atoms with Gasteiger partial charge in [-0.15, -0.1) is 0 Å². The first-order valence-corrected chi connectivity index (χ1v) is 11.5. The van der Waals surface area contributed by atoms with Gasteiger partial charge in [0, 0.05) is 36.6 Å². The number of aromatic nitrogens is 3. The molecule has 37 heavy (non-hydrogen) atoms. The van der Waals surface area contributed by atoms with E-state index < -0.39 is 30.5 Å². The number of amides is 2. The number of pyridine rings is 1. The monoisotopic (exact) mass is 516 g/mol. The Morgan fingerprint density at radius 2 is 2.08 bits per heavy atom. The van der Waals surface area contributed by atoms with Gasteiger partial charge in [0.1, 0.15) is 12.7 Å². The summed E-state index contributed by atoms with van der Waals surface area (Å²) in [5.74, 6) is 0.531. The molecule has 2 bridgehead atoms. The first-order valence-electron chi connectivity index (χ1n) is 11.5. The number of hydrogen-bond donors (Lipinski definition) is 3. The molecule has 4 heterocycles. The predicted octanol–water partition coefficient (Wildman–Crippen LogP) is 2.92. The summed E-state index contributed by atoms with van der Waals surface area (Å²) in [7, 11) is 0. The number of carbonyl (C=O) groups excluding carboxylic acids is 1. The van der Waals surface area contributed by atoms with E-state index in [-0.39, 0.29) is 29.9 Å². The standard InChI is InChI=1S/C24H23F3N6O4/c25-24(26,27)15-3-1-2-14(8-15)21-29-10-19-22(31-21)33(17-5-7-32(19)11-17)23(36)30-16-4-6-28-20(9-16)37-13-18(35)12-34/h1-4,6,8-10,17-18,34-35H,5,7,11-13H2,(H,28,30,36)/t17-,18-/m0/s1. The number of halogens is 3. The highest BCUT2D eigenvalue weighted by Gasteiger charge is 2.41. The number of nitrogens with zero attached hydrogens (tertiary/aromatic N) is 5. The lowest BCUT2D eigenvalue weighted by atomic mass is 10.1. The van der Waals surface area contributed by atoms with Crippen LogP contribution in [0.25, 0.3) is 11.4 Å². The maximum Gasteiger partial charge on any atom is 0.416 e. The van der Waals surface area contributed by atoms with Crippen LogP contribution in [-0.2, 0) is 6.18 Å². The molecule has 0 radical (unpaired) electrons. The topological polar surface area (TPSA) is 124 Å². The largest absolute Gasteiger partial charge is 0.475 e. The molecule has 194 valence electrons. The third kappa shape index (κ3) is 5.13. The summed E-state index contributed by atoms with van der Waals surface area (Å²) in [6.07, 6.45) is -1.94. The van der Waals surface area contributed by atoms with Crippen LogP contribution >= 0.6 is 0 Å². The normalized spacial score (nSPS) is 17.4. The number of anilines is 3. The van der Waals surface area contributed by atoms with Crippen molar-refractivity contribution in [3.63, 3.8) is 0 Å². The van der Waals surface area contributed by atoms with Gasteiger partial charge in [0.2, 0.25) is 5.88 Å². The quantitative estimate of drug-likeness (QED) is 0.457. The van der Waals surface area contributed by atoms with Gasteiger partial charge < -0.3 is 25.2 Å². The van der Waals surface area contributed by atoms with E-state index in [9.17, 15) is 23.1 Å². The summed E-state index contributed by atoms with van der Waals surface area (Å²) < 4.78 is 45.0.